The highest BCUT2D eigenvalue weighted by Crippen LogP contribution is 2.35. The lowest BCUT2D eigenvalue weighted by Crippen LogP contribution is -2.00. The molecule has 1 aliphatic rings. The number of carbonyl (C=O) groups is 1. The molecule has 0 amide bonds. The highest BCUT2D eigenvalue weighted by molar-refractivity contribution is 7.14. The number of aromatic carboxylic acids is 1. The number of fused-ring (bicyclic) bond motifs is 1. The van der Waals surface area contributed by atoms with Crippen molar-refractivity contribution in [2.75, 3.05) is 5.73 Å². The number of carboxylic acid groups (broad SMARTS) is 1. The van der Waals surface area contributed by atoms with Crippen LogP contribution < -0.4 is 5.73 Å². The molecule has 0 radical (unpaired) electrons. The van der Waals surface area contributed by atoms with E-state index in [0.29, 0.717) is 5.00 Å². The first kappa shape index (κ1) is 11.3. The van der Waals surface area contributed by atoms with Gasteiger partial charge in [-0.25, -0.2) is 4.79 Å². The Morgan fingerprint density at radius 1 is 1.28 bits per heavy atom. The second-order valence-electron chi connectivity index (χ2n) is 4.53. The number of aryl methyl sites for hydroxylation is 2. The van der Waals surface area contributed by atoms with Gasteiger partial charge in [-0.15, -0.1) is 11.3 Å². The largest absolute Gasteiger partial charge is 0.478 e. The van der Waals surface area contributed by atoms with Crippen molar-refractivity contribution < 1.29 is 9.90 Å². The Kier molecular flexibility index (Phi) is 2.59. The average Bonchev–Trinajstić information content (AvgIpc) is 2.93. The Bertz CT molecular complexity index is 631. The van der Waals surface area contributed by atoms with E-state index in [2.05, 4.69) is 12.1 Å². The summed E-state index contributed by atoms with van der Waals surface area (Å²) in [7, 11) is 0. The summed E-state index contributed by atoms with van der Waals surface area (Å²) in [5.74, 6) is -0.954. The summed E-state index contributed by atoms with van der Waals surface area (Å²) in [6.45, 7) is 0. The van der Waals surface area contributed by atoms with E-state index in [0.717, 1.165) is 24.0 Å². The van der Waals surface area contributed by atoms with Crippen LogP contribution in [0.1, 0.15) is 27.9 Å². The molecule has 3 nitrogen and oxygen atoms in total. The monoisotopic (exact) mass is 259 g/mol. The predicted octanol–water partition coefficient (Wildman–Crippen LogP) is 3.18. The number of anilines is 1. The number of rotatable bonds is 2. The van der Waals surface area contributed by atoms with Crippen LogP contribution in [0.4, 0.5) is 5.00 Å². The molecule has 0 saturated carbocycles. The van der Waals surface area contributed by atoms with Crippen molar-refractivity contribution in [3.05, 3.63) is 40.3 Å². The van der Waals surface area contributed by atoms with Crippen molar-refractivity contribution in [3.63, 3.8) is 0 Å². The number of hydrogen-bond acceptors (Lipinski definition) is 3. The van der Waals surface area contributed by atoms with E-state index in [9.17, 15) is 9.90 Å². The lowest BCUT2D eigenvalue weighted by atomic mass is 9.99. The van der Waals surface area contributed by atoms with Crippen LogP contribution in [0.5, 0.6) is 0 Å². The summed E-state index contributed by atoms with van der Waals surface area (Å²) >= 11 is 1.28. The fourth-order valence-corrected chi connectivity index (χ4v) is 3.36. The molecule has 1 aliphatic carbocycles. The van der Waals surface area contributed by atoms with Gasteiger partial charge < -0.3 is 10.8 Å². The maximum atomic E-state index is 11.2. The highest BCUT2D eigenvalue weighted by Gasteiger charge is 2.19. The average molecular weight is 259 g/mol. The summed E-state index contributed by atoms with van der Waals surface area (Å²) in [5, 5.41) is 11.4. The Labute approximate surface area is 109 Å². The SMILES string of the molecule is Nc1scc(-c2ccc3c(c2)CCC3)c1C(=O)O. The zero-order valence-electron chi connectivity index (χ0n) is 9.77. The van der Waals surface area contributed by atoms with Crippen LogP contribution in [-0.2, 0) is 12.8 Å². The van der Waals surface area contributed by atoms with Crippen LogP contribution >= 0.6 is 11.3 Å². The molecule has 18 heavy (non-hydrogen) atoms. The Morgan fingerprint density at radius 3 is 2.83 bits per heavy atom. The van der Waals surface area contributed by atoms with Gasteiger partial charge in [-0.05, 0) is 36.0 Å². The van der Waals surface area contributed by atoms with Gasteiger partial charge in [0.05, 0.1) is 0 Å². The first-order chi connectivity index (χ1) is 8.66. The Hall–Kier alpha value is -1.81. The normalized spacial score (nSPS) is 13.6. The molecule has 92 valence electrons. The third-order valence-electron chi connectivity index (χ3n) is 3.44. The number of nitrogens with two attached hydrogens (primary N) is 1. The Morgan fingerprint density at radius 2 is 2.06 bits per heavy atom. The maximum Gasteiger partial charge on any atom is 0.339 e. The van der Waals surface area contributed by atoms with Crippen molar-refractivity contribution in [1.82, 2.24) is 0 Å². The van der Waals surface area contributed by atoms with Crippen LogP contribution in [0.15, 0.2) is 23.6 Å². The van der Waals surface area contributed by atoms with Crippen molar-refractivity contribution in [2.24, 2.45) is 0 Å². The quantitative estimate of drug-likeness (QED) is 0.870. The minimum atomic E-state index is -0.954. The van der Waals surface area contributed by atoms with Gasteiger partial charge in [-0.1, -0.05) is 18.2 Å². The lowest BCUT2D eigenvalue weighted by Gasteiger charge is -2.05. The molecule has 2 aromatic rings. The van der Waals surface area contributed by atoms with Crippen LogP contribution in [0.2, 0.25) is 0 Å². The fraction of sp³-hybridized carbons (Fsp3) is 0.214. The minimum absolute atomic E-state index is 0.234. The molecule has 0 bridgehead atoms. The van der Waals surface area contributed by atoms with Crippen LogP contribution in [0.3, 0.4) is 0 Å². The predicted molar refractivity (Wildman–Crippen MR) is 73.2 cm³/mol. The van der Waals surface area contributed by atoms with Crippen molar-refractivity contribution in [1.29, 1.82) is 0 Å². The summed E-state index contributed by atoms with van der Waals surface area (Å²) < 4.78 is 0. The van der Waals surface area contributed by atoms with Crippen LogP contribution in [0, 0.1) is 0 Å². The molecule has 0 aliphatic heterocycles. The number of nitrogen functional groups attached to an aromatic ring is 1. The molecule has 3 N–H and O–H groups in total. The van der Waals surface area contributed by atoms with Crippen molar-refractivity contribution in [3.8, 4) is 11.1 Å². The number of carboxylic acids is 1. The first-order valence-electron chi connectivity index (χ1n) is 5.89. The standard InChI is InChI=1S/C14H13NO2S/c15-13-12(14(16)17)11(7-18-13)10-5-4-8-2-1-3-9(8)6-10/h4-7H,1-3,15H2,(H,16,17). The topological polar surface area (TPSA) is 63.3 Å². The van der Waals surface area contributed by atoms with E-state index in [-0.39, 0.29) is 5.56 Å². The molecule has 0 atom stereocenters. The van der Waals surface area contributed by atoms with Crippen molar-refractivity contribution >= 4 is 22.3 Å². The fourth-order valence-electron chi connectivity index (χ4n) is 2.55. The van der Waals surface area contributed by atoms with Gasteiger partial charge in [0, 0.05) is 10.9 Å². The highest BCUT2D eigenvalue weighted by atomic mass is 32.1. The second-order valence-corrected chi connectivity index (χ2v) is 5.44. The molecule has 3 rings (SSSR count). The van der Waals surface area contributed by atoms with E-state index in [4.69, 9.17) is 5.73 Å². The van der Waals surface area contributed by atoms with Gasteiger partial charge in [0.15, 0.2) is 0 Å². The summed E-state index contributed by atoms with van der Waals surface area (Å²) in [4.78, 5) is 11.2. The third-order valence-corrected chi connectivity index (χ3v) is 4.25. The smallest absolute Gasteiger partial charge is 0.339 e. The molecule has 0 spiro atoms. The molecular weight excluding hydrogens is 246 g/mol. The summed E-state index contributed by atoms with van der Waals surface area (Å²) in [6, 6.07) is 6.21. The van der Waals surface area contributed by atoms with Gasteiger partial charge >= 0.3 is 5.97 Å². The van der Waals surface area contributed by atoms with Crippen molar-refractivity contribution in [2.45, 2.75) is 19.3 Å². The molecule has 0 unspecified atom stereocenters. The molecule has 1 aromatic heterocycles. The third kappa shape index (κ3) is 1.69. The van der Waals surface area contributed by atoms with Crippen LogP contribution in [0.25, 0.3) is 11.1 Å². The van der Waals surface area contributed by atoms with E-state index in [1.807, 2.05) is 11.4 Å². The zero-order valence-corrected chi connectivity index (χ0v) is 10.6. The molecule has 1 aromatic carbocycles. The number of hydrogen-bond donors (Lipinski definition) is 2. The molecule has 0 saturated heterocycles. The summed E-state index contributed by atoms with van der Waals surface area (Å²) in [5.41, 5.74) is 10.4. The van der Waals surface area contributed by atoms with Crippen LogP contribution in [-0.4, -0.2) is 11.1 Å². The molecule has 0 fully saturated rings. The van der Waals surface area contributed by atoms with Gasteiger partial charge in [-0.2, -0.15) is 0 Å². The van der Waals surface area contributed by atoms with Gasteiger partial charge in [0.2, 0.25) is 0 Å². The summed E-state index contributed by atoms with van der Waals surface area (Å²) in [6.07, 6.45) is 3.41. The van der Waals surface area contributed by atoms with E-state index in [1.54, 1.807) is 0 Å². The van der Waals surface area contributed by atoms with Gasteiger partial charge in [-0.3, -0.25) is 0 Å². The lowest BCUT2D eigenvalue weighted by molar-refractivity contribution is 0.0699. The second kappa shape index (κ2) is 4.14. The molecular formula is C14H13NO2S. The number of thiophene rings is 1. The molecule has 4 heteroatoms. The van der Waals surface area contributed by atoms with E-state index < -0.39 is 5.97 Å². The first-order valence-corrected chi connectivity index (χ1v) is 6.77. The zero-order chi connectivity index (χ0) is 12.7. The number of benzene rings is 1. The van der Waals surface area contributed by atoms with E-state index >= 15 is 0 Å². The van der Waals surface area contributed by atoms with Gasteiger partial charge in [0.25, 0.3) is 0 Å². The minimum Gasteiger partial charge on any atom is -0.478 e. The maximum absolute atomic E-state index is 11.2. The molecule has 1 heterocycles. The van der Waals surface area contributed by atoms with E-state index in [1.165, 1.54) is 28.9 Å². The van der Waals surface area contributed by atoms with Gasteiger partial charge in [0.1, 0.15) is 10.6 Å². The Balaban J connectivity index is 2.13.